The fourth-order valence-electron chi connectivity index (χ4n) is 6.91. The highest BCUT2D eigenvalue weighted by Crippen LogP contribution is 2.63. The minimum Gasteiger partial charge on any atom is -0.393 e. The third kappa shape index (κ3) is 3.84. The number of ether oxygens (including phenoxy) is 1. The number of hydrogen-bond acceptors (Lipinski definition) is 3. The van der Waals surface area contributed by atoms with Gasteiger partial charge in [0.05, 0.1) is 12.2 Å². The first kappa shape index (κ1) is 21.9. The van der Waals surface area contributed by atoms with Gasteiger partial charge in [0.2, 0.25) is 0 Å². The van der Waals surface area contributed by atoms with Crippen LogP contribution in [-0.4, -0.2) is 29.2 Å². The maximum Gasteiger partial charge on any atom is 0.143 e. The summed E-state index contributed by atoms with van der Waals surface area (Å²) in [7, 11) is 0. The summed E-state index contributed by atoms with van der Waals surface area (Å²) in [5.41, 5.74) is 1.29. The molecular formula is C22H36Cl2O3. The molecule has 3 aliphatic carbocycles. The fraction of sp³-hybridized carbons (Fsp3) is 0.909. The van der Waals surface area contributed by atoms with Gasteiger partial charge in [0.25, 0.3) is 0 Å². The second-order valence-corrected chi connectivity index (χ2v) is 10.6. The molecular weight excluding hydrogens is 383 g/mol. The highest BCUT2D eigenvalue weighted by molar-refractivity contribution is 6.56. The monoisotopic (exact) mass is 418 g/mol. The minimum absolute atomic E-state index is 0.0264. The maximum atomic E-state index is 10.3. The van der Waals surface area contributed by atoms with Gasteiger partial charge in [0.1, 0.15) is 11.3 Å². The van der Waals surface area contributed by atoms with Crippen molar-refractivity contribution in [1.29, 1.82) is 0 Å². The highest BCUT2D eigenvalue weighted by atomic mass is 35.5. The van der Waals surface area contributed by atoms with E-state index >= 15 is 0 Å². The molecule has 0 aromatic heterocycles. The number of aliphatic hydroxyl groups is 2. The predicted molar refractivity (Wildman–Crippen MR) is 111 cm³/mol. The van der Waals surface area contributed by atoms with Crippen molar-refractivity contribution in [3.05, 3.63) is 10.1 Å². The van der Waals surface area contributed by atoms with E-state index in [1.54, 1.807) is 0 Å². The molecule has 2 unspecified atom stereocenters. The summed E-state index contributed by atoms with van der Waals surface area (Å²) in [4.78, 5) is 0. The van der Waals surface area contributed by atoms with Gasteiger partial charge in [-0.2, -0.15) is 0 Å². The standard InChI is InChI=1S/C22H36Cl2O3/c1-4-5-14-12-15(26)8-10-21(14,2)17-9-11-22(3)16(19(17)27-13-25)6-7-18(22)20(23)24/h14-17,19,25-26H,4-13H2,1-3H3/t14-,15-,16?,17?,19-,21-,22-/m0/s1. The summed E-state index contributed by atoms with van der Waals surface area (Å²) in [6, 6.07) is 0. The number of aliphatic hydroxyl groups excluding tert-OH is 2. The van der Waals surface area contributed by atoms with Gasteiger partial charge in [-0.25, -0.2) is 0 Å². The molecule has 3 nitrogen and oxygen atoms in total. The normalized spacial score (nSPS) is 45.0. The first-order chi connectivity index (χ1) is 12.8. The molecule has 0 spiro atoms. The molecule has 2 N–H and O–H groups in total. The van der Waals surface area contributed by atoms with Crippen molar-refractivity contribution < 1.29 is 14.9 Å². The van der Waals surface area contributed by atoms with Gasteiger partial charge in [0, 0.05) is 0 Å². The Labute approximate surface area is 174 Å². The second kappa shape index (κ2) is 8.52. The molecule has 3 fully saturated rings. The first-order valence-corrected chi connectivity index (χ1v) is 11.5. The van der Waals surface area contributed by atoms with Crippen LogP contribution < -0.4 is 0 Å². The predicted octanol–water partition coefficient (Wildman–Crippen LogP) is 5.80. The van der Waals surface area contributed by atoms with Crippen molar-refractivity contribution >= 4 is 23.2 Å². The molecule has 0 amide bonds. The van der Waals surface area contributed by atoms with E-state index in [2.05, 4.69) is 20.8 Å². The summed E-state index contributed by atoms with van der Waals surface area (Å²) in [5, 5.41) is 20.0. The average molecular weight is 419 g/mol. The quantitative estimate of drug-likeness (QED) is 0.554. The minimum atomic E-state index is -0.238. The Hall–Kier alpha value is 0.200. The molecule has 0 aliphatic heterocycles. The Morgan fingerprint density at radius 1 is 1.15 bits per heavy atom. The van der Waals surface area contributed by atoms with Crippen molar-refractivity contribution in [3.8, 4) is 0 Å². The van der Waals surface area contributed by atoms with Crippen LogP contribution >= 0.6 is 23.2 Å². The van der Waals surface area contributed by atoms with Gasteiger partial charge in [-0.3, -0.25) is 0 Å². The number of rotatable bonds is 5. The van der Waals surface area contributed by atoms with Crippen LogP contribution in [0.25, 0.3) is 0 Å². The first-order valence-electron chi connectivity index (χ1n) is 10.7. The Kier molecular flexibility index (Phi) is 6.91. The smallest absolute Gasteiger partial charge is 0.143 e. The third-order valence-electron chi connectivity index (χ3n) is 8.47. The molecule has 27 heavy (non-hydrogen) atoms. The van der Waals surface area contributed by atoms with Crippen LogP contribution in [-0.2, 0) is 4.74 Å². The second-order valence-electron chi connectivity index (χ2n) is 9.63. The largest absolute Gasteiger partial charge is 0.393 e. The van der Waals surface area contributed by atoms with E-state index in [-0.39, 0.29) is 29.8 Å². The van der Waals surface area contributed by atoms with E-state index < -0.39 is 0 Å². The van der Waals surface area contributed by atoms with E-state index in [9.17, 15) is 10.2 Å². The van der Waals surface area contributed by atoms with Crippen LogP contribution in [0.4, 0.5) is 0 Å². The number of allylic oxidation sites excluding steroid dienone is 1. The van der Waals surface area contributed by atoms with Gasteiger partial charge >= 0.3 is 0 Å². The van der Waals surface area contributed by atoms with E-state index in [1.807, 2.05) is 0 Å². The van der Waals surface area contributed by atoms with Gasteiger partial charge in [-0.1, -0.05) is 56.8 Å². The molecule has 3 aliphatic rings. The number of hydrogen-bond donors (Lipinski definition) is 2. The Bertz CT molecular complexity index is 562. The zero-order valence-corrected chi connectivity index (χ0v) is 18.5. The molecule has 156 valence electrons. The summed E-state index contributed by atoms with van der Waals surface area (Å²) in [6.45, 7) is 6.70. The van der Waals surface area contributed by atoms with Crippen LogP contribution in [0.1, 0.15) is 78.6 Å². The SMILES string of the molecule is CCC[C@H]1C[C@@H](O)CC[C@]1(C)C1CC[C@]2(C)C(=C(Cl)Cl)CCC2[C@@H]1OCO. The molecule has 7 atom stereocenters. The van der Waals surface area contributed by atoms with Gasteiger partial charge < -0.3 is 14.9 Å². The van der Waals surface area contributed by atoms with Crippen LogP contribution in [0, 0.1) is 28.6 Å². The molecule has 0 aromatic rings. The van der Waals surface area contributed by atoms with Crippen molar-refractivity contribution in [3.63, 3.8) is 0 Å². The maximum absolute atomic E-state index is 10.3. The lowest BCUT2D eigenvalue weighted by Crippen LogP contribution is -2.53. The van der Waals surface area contributed by atoms with E-state index in [0.29, 0.717) is 22.2 Å². The van der Waals surface area contributed by atoms with Crippen LogP contribution in [0.15, 0.2) is 10.1 Å². The van der Waals surface area contributed by atoms with Crippen LogP contribution in [0.5, 0.6) is 0 Å². The Morgan fingerprint density at radius 2 is 1.89 bits per heavy atom. The van der Waals surface area contributed by atoms with Crippen LogP contribution in [0.3, 0.4) is 0 Å². The fourth-order valence-corrected chi connectivity index (χ4v) is 7.53. The Balaban J connectivity index is 1.93. The third-order valence-corrected chi connectivity index (χ3v) is 8.92. The lowest BCUT2D eigenvalue weighted by atomic mass is 9.51. The van der Waals surface area contributed by atoms with E-state index in [1.165, 1.54) is 5.57 Å². The zero-order valence-electron chi connectivity index (χ0n) is 17.0. The molecule has 0 radical (unpaired) electrons. The van der Waals surface area contributed by atoms with Gasteiger partial charge in [-0.15, -0.1) is 0 Å². The molecule has 0 bridgehead atoms. The highest BCUT2D eigenvalue weighted by Gasteiger charge is 2.58. The van der Waals surface area contributed by atoms with Crippen molar-refractivity contribution in [1.82, 2.24) is 0 Å². The van der Waals surface area contributed by atoms with E-state index in [4.69, 9.17) is 27.9 Å². The zero-order chi connectivity index (χ0) is 19.8. The molecule has 3 saturated carbocycles. The van der Waals surface area contributed by atoms with Crippen molar-refractivity contribution in [2.75, 3.05) is 6.79 Å². The topological polar surface area (TPSA) is 49.7 Å². The lowest BCUT2D eigenvalue weighted by Gasteiger charge is -2.56. The summed E-state index contributed by atoms with van der Waals surface area (Å²) in [6.07, 6.45) is 9.04. The molecule has 5 heteroatoms. The summed E-state index contributed by atoms with van der Waals surface area (Å²) in [5.74, 6) is 1.26. The number of fused-ring (bicyclic) bond motifs is 1. The van der Waals surface area contributed by atoms with Crippen molar-refractivity contribution in [2.45, 2.75) is 90.8 Å². The Morgan fingerprint density at radius 3 is 2.52 bits per heavy atom. The lowest BCUT2D eigenvalue weighted by molar-refractivity contribution is -0.173. The summed E-state index contributed by atoms with van der Waals surface area (Å²) < 4.78 is 6.49. The van der Waals surface area contributed by atoms with Gasteiger partial charge in [0.15, 0.2) is 0 Å². The van der Waals surface area contributed by atoms with Gasteiger partial charge in [-0.05, 0) is 79.1 Å². The average Bonchev–Trinajstić information content (AvgIpc) is 2.97. The molecule has 3 rings (SSSR count). The molecule has 0 heterocycles. The van der Waals surface area contributed by atoms with E-state index in [0.717, 1.165) is 57.8 Å². The summed E-state index contributed by atoms with van der Waals surface area (Å²) >= 11 is 12.5. The molecule has 0 aromatic carbocycles. The van der Waals surface area contributed by atoms with Crippen molar-refractivity contribution in [2.24, 2.45) is 28.6 Å². The van der Waals surface area contributed by atoms with Crippen LogP contribution in [0.2, 0.25) is 0 Å². The molecule has 0 saturated heterocycles. The number of halogens is 2.